The molecule has 2 N–H and O–H groups in total. The fourth-order valence-corrected chi connectivity index (χ4v) is 4.04. The lowest BCUT2D eigenvalue weighted by atomic mass is 10.2. The third-order valence-electron chi connectivity index (χ3n) is 4.32. The molecule has 7 nitrogen and oxygen atoms in total. The van der Waals surface area contributed by atoms with E-state index >= 15 is 0 Å². The van der Waals surface area contributed by atoms with E-state index in [2.05, 4.69) is 9.98 Å². The van der Waals surface area contributed by atoms with Crippen LogP contribution in [0.5, 0.6) is 17.2 Å². The van der Waals surface area contributed by atoms with Crippen LogP contribution in [-0.4, -0.2) is 50.0 Å². The van der Waals surface area contributed by atoms with Gasteiger partial charge in [-0.05, 0) is 30.3 Å². The molecular formula is C24H24Cl3N2O5PS. The fraction of sp³-hybridized carbons (Fsp3) is 0.167. The Morgan fingerprint density at radius 2 is 1.22 bits per heavy atom. The molecule has 0 bridgehead atoms. The molecule has 0 atom stereocenters. The third-order valence-corrected chi connectivity index (χ3v) is 7.77. The van der Waals surface area contributed by atoms with Crippen LogP contribution < -0.4 is 4.52 Å². The standard InChI is InChI=1S/C16H16N2O2.C8H8Cl3O3PS/c19-15-7-3-1-5-13(15)11-17-9-10-18-12-14-6-2-4-8-16(14)20;1-12-15(16,13-2)14-8-4-6(10)5(9)3-7(8)11/h1-8,11-12,19-20H,9-10H2;3-4H,1-2H3. The van der Waals surface area contributed by atoms with E-state index in [0.717, 1.165) is 0 Å². The molecule has 0 aliphatic carbocycles. The zero-order valence-corrected chi connectivity index (χ0v) is 23.3. The quantitative estimate of drug-likeness (QED) is 0.119. The van der Waals surface area contributed by atoms with Gasteiger partial charge in [0.05, 0.1) is 28.2 Å². The Balaban J connectivity index is 0.000000261. The van der Waals surface area contributed by atoms with Crippen molar-refractivity contribution in [1.29, 1.82) is 0 Å². The van der Waals surface area contributed by atoms with Crippen molar-refractivity contribution in [2.24, 2.45) is 9.98 Å². The lowest BCUT2D eigenvalue weighted by Crippen LogP contribution is -1.97. The molecule has 0 heterocycles. The average molecular weight is 590 g/mol. The van der Waals surface area contributed by atoms with Crippen molar-refractivity contribution >= 4 is 65.8 Å². The summed E-state index contributed by atoms with van der Waals surface area (Å²) in [5.74, 6) is 0.714. The smallest absolute Gasteiger partial charge is 0.380 e. The Labute approximate surface area is 230 Å². The van der Waals surface area contributed by atoms with Crippen LogP contribution in [0.15, 0.2) is 70.6 Å². The summed E-state index contributed by atoms with van der Waals surface area (Å²) in [4.78, 5) is 8.39. The first-order valence-corrected chi connectivity index (χ1v) is 14.0. The molecule has 0 saturated carbocycles. The summed E-state index contributed by atoms with van der Waals surface area (Å²) in [5.41, 5.74) is 1.38. The molecule has 0 aliphatic rings. The van der Waals surface area contributed by atoms with E-state index in [1.165, 1.54) is 26.4 Å². The van der Waals surface area contributed by atoms with Crippen molar-refractivity contribution in [3.63, 3.8) is 0 Å². The Bertz CT molecular complexity index is 1200. The molecule has 0 amide bonds. The molecule has 0 radical (unpaired) electrons. The first-order chi connectivity index (χ1) is 17.2. The highest BCUT2D eigenvalue weighted by Crippen LogP contribution is 2.50. The van der Waals surface area contributed by atoms with Gasteiger partial charge in [-0.1, -0.05) is 59.1 Å². The molecule has 3 aromatic rings. The zero-order chi connectivity index (χ0) is 26.6. The number of para-hydroxylation sites is 2. The predicted molar refractivity (Wildman–Crippen MR) is 152 cm³/mol. The Kier molecular flexibility index (Phi) is 12.7. The van der Waals surface area contributed by atoms with Crippen molar-refractivity contribution in [2.75, 3.05) is 27.3 Å². The van der Waals surface area contributed by atoms with E-state index in [-0.39, 0.29) is 22.3 Å². The number of aliphatic imine (C=N–C) groups is 2. The van der Waals surface area contributed by atoms with Gasteiger partial charge in [0.25, 0.3) is 0 Å². The lowest BCUT2D eigenvalue weighted by molar-refractivity contribution is 0.273. The second-order valence-electron chi connectivity index (χ2n) is 6.79. The van der Waals surface area contributed by atoms with E-state index < -0.39 is 6.72 Å². The van der Waals surface area contributed by atoms with Crippen LogP contribution in [0.4, 0.5) is 0 Å². The summed E-state index contributed by atoms with van der Waals surface area (Å²) < 4.78 is 15.3. The number of hydrogen-bond acceptors (Lipinski definition) is 8. The van der Waals surface area contributed by atoms with E-state index in [1.54, 1.807) is 48.8 Å². The molecule has 3 aromatic carbocycles. The number of nitrogens with zero attached hydrogens (tertiary/aromatic N) is 2. The normalized spacial score (nSPS) is 11.5. The number of halogens is 3. The maximum absolute atomic E-state index is 9.54. The van der Waals surface area contributed by atoms with Crippen molar-refractivity contribution in [3.8, 4) is 17.2 Å². The third kappa shape index (κ3) is 9.71. The van der Waals surface area contributed by atoms with Gasteiger partial charge in [-0.15, -0.1) is 0 Å². The molecule has 0 unspecified atom stereocenters. The van der Waals surface area contributed by atoms with Crippen LogP contribution >= 0.6 is 41.5 Å². The minimum Gasteiger partial charge on any atom is -0.507 e. The molecule has 3 rings (SSSR count). The van der Waals surface area contributed by atoms with Crippen molar-refractivity contribution in [2.45, 2.75) is 0 Å². The maximum atomic E-state index is 9.54. The zero-order valence-electron chi connectivity index (χ0n) is 19.3. The highest BCUT2D eigenvalue weighted by atomic mass is 35.5. The number of phenols is 2. The van der Waals surface area contributed by atoms with Crippen LogP contribution in [0.1, 0.15) is 11.1 Å². The number of hydrogen-bond donors (Lipinski definition) is 2. The number of rotatable bonds is 9. The summed E-state index contributed by atoms with van der Waals surface area (Å²) in [5, 5.41) is 20.0. The Morgan fingerprint density at radius 1 is 0.778 bits per heavy atom. The van der Waals surface area contributed by atoms with Gasteiger partial charge in [0.1, 0.15) is 17.2 Å². The molecule has 0 aromatic heterocycles. The van der Waals surface area contributed by atoms with Crippen molar-refractivity contribution in [3.05, 3.63) is 86.9 Å². The molecule has 0 fully saturated rings. The second-order valence-corrected chi connectivity index (χ2v) is 11.2. The van der Waals surface area contributed by atoms with Crippen LogP contribution in [-0.2, 0) is 20.9 Å². The molecule has 192 valence electrons. The van der Waals surface area contributed by atoms with E-state index in [9.17, 15) is 10.2 Å². The summed E-state index contributed by atoms with van der Waals surface area (Å²) in [6.07, 6.45) is 3.26. The first kappa shape index (κ1) is 30.1. The lowest BCUT2D eigenvalue weighted by Gasteiger charge is -2.19. The van der Waals surface area contributed by atoms with Crippen molar-refractivity contribution in [1.82, 2.24) is 0 Å². The maximum Gasteiger partial charge on any atom is 0.380 e. The van der Waals surface area contributed by atoms with Crippen LogP contribution in [0.2, 0.25) is 15.1 Å². The summed E-state index contributed by atoms with van der Waals surface area (Å²) in [7, 11) is 2.80. The van der Waals surface area contributed by atoms with Crippen LogP contribution in [0.3, 0.4) is 0 Å². The molecule has 0 spiro atoms. The molecule has 0 aliphatic heterocycles. The Hall–Kier alpha value is -2.16. The van der Waals surface area contributed by atoms with Gasteiger partial charge >= 0.3 is 6.72 Å². The molecule has 0 saturated heterocycles. The van der Waals surface area contributed by atoms with E-state index in [4.69, 9.17) is 60.2 Å². The minimum absolute atomic E-state index is 0.217. The molecule has 12 heteroatoms. The van der Waals surface area contributed by atoms with Gasteiger partial charge in [0, 0.05) is 55.6 Å². The largest absolute Gasteiger partial charge is 0.507 e. The van der Waals surface area contributed by atoms with Gasteiger partial charge in [-0.2, -0.15) is 0 Å². The monoisotopic (exact) mass is 588 g/mol. The van der Waals surface area contributed by atoms with Gasteiger partial charge in [-0.3, -0.25) is 9.98 Å². The highest BCUT2D eigenvalue weighted by Gasteiger charge is 2.20. The minimum atomic E-state index is -2.82. The fourth-order valence-electron chi connectivity index (χ4n) is 2.48. The number of aromatic hydroxyl groups is 2. The SMILES string of the molecule is COP(=S)(OC)Oc1cc(Cl)c(Cl)cc1Cl.Oc1ccccc1C=NCCN=Cc1ccccc1O. The Morgan fingerprint density at radius 3 is 1.67 bits per heavy atom. The predicted octanol–water partition coefficient (Wildman–Crippen LogP) is 7.18. The summed E-state index contributed by atoms with van der Waals surface area (Å²) in [6, 6.07) is 17.0. The average Bonchev–Trinajstić information content (AvgIpc) is 2.87. The number of benzene rings is 3. The van der Waals surface area contributed by atoms with E-state index in [0.29, 0.717) is 34.3 Å². The van der Waals surface area contributed by atoms with Gasteiger partial charge in [0.15, 0.2) is 0 Å². The van der Waals surface area contributed by atoms with Crippen LogP contribution in [0.25, 0.3) is 0 Å². The topological polar surface area (TPSA) is 92.9 Å². The first-order valence-electron chi connectivity index (χ1n) is 10.3. The molecular weight excluding hydrogens is 566 g/mol. The van der Waals surface area contributed by atoms with Crippen molar-refractivity contribution < 1.29 is 23.8 Å². The molecule has 36 heavy (non-hydrogen) atoms. The van der Waals surface area contributed by atoms with Gasteiger partial charge < -0.3 is 23.8 Å². The van der Waals surface area contributed by atoms with Gasteiger partial charge in [0.2, 0.25) is 0 Å². The second kappa shape index (κ2) is 15.2. The van der Waals surface area contributed by atoms with E-state index in [1.807, 2.05) is 12.1 Å². The van der Waals surface area contributed by atoms with Crippen LogP contribution in [0, 0.1) is 0 Å². The summed E-state index contributed by atoms with van der Waals surface area (Å²) in [6.45, 7) is -1.77. The number of phenolic OH excluding ortho intramolecular Hbond substituents is 2. The van der Waals surface area contributed by atoms with Gasteiger partial charge in [-0.25, -0.2) is 0 Å². The highest BCUT2D eigenvalue weighted by molar-refractivity contribution is 8.07. The summed E-state index contributed by atoms with van der Waals surface area (Å²) >= 11 is 22.5.